The number of carbonyl (C=O) groups is 1. The molecular formula is C21H22N4O2S. The van der Waals surface area contributed by atoms with Crippen molar-refractivity contribution in [2.75, 3.05) is 12.0 Å². The van der Waals surface area contributed by atoms with Crippen molar-refractivity contribution in [1.29, 1.82) is 0 Å². The molecule has 0 bridgehead atoms. The van der Waals surface area contributed by atoms with E-state index >= 15 is 0 Å². The summed E-state index contributed by atoms with van der Waals surface area (Å²) in [4.78, 5) is 15.1. The summed E-state index contributed by atoms with van der Waals surface area (Å²) in [6.07, 6.45) is 2.54. The summed E-state index contributed by atoms with van der Waals surface area (Å²) < 4.78 is 7.18. The number of ether oxygens (including phenoxy) is 1. The number of thioether (sulfide) groups is 1. The summed E-state index contributed by atoms with van der Waals surface area (Å²) in [6, 6.07) is 16.0. The fourth-order valence-corrected chi connectivity index (χ4v) is 4.44. The molecule has 28 heavy (non-hydrogen) atoms. The van der Waals surface area contributed by atoms with E-state index in [0.29, 0.717) is 5.16 Å². The van der Waals surface area contributed by atoms with E-state index in [1.165, 1.54) is 17.3 Å². The van der Waals surface area contributed by atoms with Gasteiger partial charge in [-0.25, -0.2) is 0 Å². The molecule has 1 aliphatic heterocycles. The lowest BCUT2D eigenvalue weighted by Gasteiger charge is -2.25. The second kappa shape index (κ2) is 7.67. The van der Waals surface area contributed by atoms with Crippen LogP contribution in [0.15, 0.2) is 60.0 Å². The molecule has 2 heterocycles. The highest BCUT2D eigenvalue weighted by atomic mass is 32.2. The topological polar surface area (TPSA) is 60.2 Å². The minimum Gasteiger partial charge on any atom is -0.497 e. The fraction of sp³-hybridized carbons (Fsp3) is 0.286. The van der Waals surface area contributed by atoms with E-state index in [0.717, 1.165) is 23.5 Å². The summed E-state index contributed by atoms with van der Waals surface area (Å²) in [5.74, 6) is 0.844. The summed E-state index contributed by atoms with van der Waals surface area (Å²) in [5, 5.41) is 8.65. The maximum Gasteiger partial charge on any atom is 0.240 e. The van der Waals surface area contributed by atoms with Crippen LogP contribution >= 0.6 is 11.8 Å². The van der Waals surface area contributed by atoms with Gasteiger partial charge >= 0.3 is 0 Å². The van der Waals surface area contributed by atoms with Crippen LogP contribution in [-0.4, -0.2) is 39.1 Å². The van der Waals surface area contributed by atoms with Crippen molar-refractivity contribution in [1.82, 2.24) is 14.8 Å². The number of amides is 1. The monoisotopic (exact) mass is 394 g/mol. The van der Waals surface area contributed by atoms with E-state index in [2.05, 4.69) is 23.2 Å². The van der Waals surface area contributed by atoms with Gasteiger partial charge in [0.05, 0.1) is 18.0 Å². The van der Waals surface area contributed by atoms with Gasteiger partial charge in [-0.3, -0.25) is 9.36 Å². The normalized spacial score (nSPS) is 16.7. The van der Waals surface area contributed by atoms with Crippen molar-refractivity contribution in [3.8, 4) is 11.4 Å². The zero-order valence-corrected chi connectivity index (χ0v) is 16.9. The first-order valence-electron chi connectivity index (χ1n) is 9.20. The van der Waals surface area contributed by atoms with Crippen LogP contribution in [0.3, 0.4) is 0 Å². The van der Waals surface area contributed by atoms with Crippen molar-refractivity contribution >= 4 is 23.4 Å². The van der Waals surface area contributed by atoms with Crippen LogP contribution < -0.4 is 9.64 Å². The molecule has 6 nitrogen and oxygen atoms in total. The van der Waals surface area contributed by atoms with E-state index in [9.17, 15) is 4.79 Å². The fourth-order valence-electron chi connectivity index (χ4n) is 3.55. The number of hydrogen-bond acceptors (Lipinski definition) is 5. The van der Waals surface area contributed by atoms with Gasteiger partial charge in [0.2, 0.25) is 5.91 Å². The van der Waals surface area contributed by atoms with E-state index in [1.54, 1.807) is 13.4 Å². The van der Waals surface area contributed by atoms with Gasteiger partial charge in [-0.2, -0.15) is 0 Å². The number of nitrogens with zero attached hydrogens (tertiary/aromatic N) is 4. The molecular weight excluding hydrogens is 372 g/mol. The summed E-state index contributed by atoms with van der Waals surface area (Å²) in [7, 11) is 1.64. The Morgan fingerprint density at radius 1 is 1.25 bits per heavy atom. The van der Waals surface area contributed by atoms with Gasteiger partial charge in [-0.15, -0.1) is 10.2 Å². The van der Waals surface area contributed by atoms with Crippen LogP contribution in [0.4, 0.5) is 5.69 Å². The Hall–Kier alpha value is -2.80. The van der Waals surface area contributed by atoms with Gasteiger partial charge < -0.3 is 9.64 Å². The highest BCUT2D eigenvalue weighted by molar-refractivity contribution is 8.00. The van der Waals surface area contributed by atoms with Crippen molar-refractivity contribution in [2.24, 2.45) is 0 Å². The largest absolute Gasteiger partial charge is 0.497 e. The molecule has 2 unspecified atom stereocenters. The van der Waals surface area contributed by atoms with Crippen molar-refractivity contribution in [2.45, 2.75) is 36.7 Å². The van der Waals surface area contributed by atoms with Crippen LogP contribution in [0.1, 0.15) is 19.4 Å². The number of carbonyl (C=O) groups excluding carboxylic acids is 1. The number of para-hydroxylation sites is 1. The molecule has 1 aromatic heterocycles. The standard InChI is InChI=1S/C21H22N4O2S/c1-14-11-16-7-4-5-10-19(16)25(14)20(26)15(2)28-21-23-22-13-24(21)17-8-6-9-18(12-17)27-3/h4-10,12-15H,11H2,1-3H3. The molecule has 0 fully saturated rings. The number of rotatable bonds is 5. The van der Waals surface area contributed by atoms with E-state index in [1.807, 2.05) is 58.9 Å². The smallest absolute Gasteiger partial charge is 0.240 e. The van der Waals surface area contributed by atoms with Gasteiger partial charge in [0, 0.05) is 17.8 Å². The second-order valence-corrected chi connectivity index (χ2v) is 8.14. The summed E-state index contributed by atoms with van der Waals surface area (Å²) >= 11 is 1.41. The maximum absolute atomic E-state index is 13.2. The number of anilines is 1. The molecule has 0 N–H and O–H groups in total. The lowest BCUT2D eigenvalue weighted by Crippen LogP contribution is -2.40. The van der Waals surface area contributed by atoms with Gasteiger partial charge in [-0.1, -0.05) is 36.0 Å². The van der Waals surface area contributed by atoms with Crippen molar-refractivity contribution < 1.29 is 9.53 Å². The van der Waals surface area contributed by atoms with Crippen LogP contribution in [0.25, 0.3) is 5.69 Å². The second-order valence-electron chi connectivity index (χ2n) is 6.84. The third-order valence-corrected chi connectivity index (χ3v) is 5.97. The highest BCUT2D eigenvalue weighted by Gasteiger charge is 2.33. The summed E-state index contributed by atoms with van der Waals surface area (Å²) in [5.41, 5.74) is 3.13. The molecule has 2 aromatic carbocycles. The Balaban J connectivity index is 1.56. The lowest BCUT2D eigenvalue weighted by molar-refractivity contribution is -0.118. The minimum atomic E-state index is -0.290. The molecule has 0 spiro atoms. The molecule has 3 aromatic rings. The van der Waals surface area contributed by atoms with Gasteiger partial charge in [0.25, 0.3) is 0 Å². The molecule has 0 aliphatic carbocycles. The van der Waals surface area contributed by atoms with Crippen LogP contribution in [0.2, 0.25) is 0 Å². The third-order valence-electron chi connectivity index (χ3n) is 4.92. The van der Waals surface area contributed by atoms with Gasteiger partial charge in [0.1, 0.15) is 12.1 Å². The molecule has 0 saturated heterocycles. The Morgan fingerprint density at radius 2 is 2.07 bits per heavy atom. The first kappa shape index (κ1) is 18.6. The Kier molecular flexibility index (Phi) is 5.09. The average Bonchev–Trinajstić information content (AvgIpc) is 3.30. The predicted octanol–water partition coefficient (Wildman–Crippen LogP) is 3.73. The maximum atomic E-state index is 13.2. The average molecular weight is 395 g/mol. The molecule has 7 heteroatoms. The van der Waals surface area contributed by atoms with E-state index in [4.69, 9.17) is 4.74 Å². The SMILES string of the molecule is COc1cccc(-n2cnnc2SC(C)C(=O)N2c3ccccc3CC2C)c1. The molecule has 4 rings (SSSR count). The van der Waals surface area contributed by atoms with Gasteiger partial charge in [0.15, 0.2) is 5.16 Å². The Morgan fingerprint density at radius 3 is 2.89 bits per heavy atom. The third kappa shape index (κ3) is 3.38. The van der Waals surface area contributed by atoms with Crippen LogP contribution in [0, 0.1) is 0 Å². The highest BCUT2D eigenvalue weighted by Crippen LogP contribution is 2.35. The van der Waals surface area contributed by atoms with Crippen LogP contribution in [0.5, 0.6) is 5.75 Å². The first-order valence-corrected chi connectivity index (χ1v) is 10.1. The van der Waals surface area contributed by atoms with Crippen molar-refractivity contribution in [3.05, 3.63) is 60.4 Å². The minimum absolute atomic E-state index is 0.0858. The Bertz CT molecular complexity index is 1000. The molecule has 0 radical (unpaired) electrons. The zero-order valence-electron chi connectivity index (χ0n) is 16.1. The molecule has 144 valence electrons. The molecule has 1 amide bonds. The van der Waals surface area contributed by atoms with E-state index in [-0.39, 0.29) is 17.2 Å². The van der Waals surface area contributed by atoms with Crippen LogP contribution in [-0.2, 0) is 11.2 Å². The molecule has 0 saturated carbocycles. The predicted molar refractivity (Wildman–Crippen MR) is 110 cm³/mol. The summed E-state index contributed by atoms with van der Waals surface area (Å²) in [6.45, 7) is 4.01. The lowest BCUT2D eigenvalue weighted by atomic mass is 10.1. The number of fused-ring (bicyclic) bond motifs is 1. The Labute approximate surface area is 168 Å². The zero-order chi connectivity index (χ0) is 19.7. The first-order chi connectivity index (χ1) is 13.6. The van der Waals surface area contributed by atoms with E-state index < -0.39 is 0 Å². The molecule has 2 atom stereocenters. The number of hydrogen-bond donors (Lipinski definition) is 0. The van der Waals surface area contributed by atoms with Gasteiger partial charge in [-0.05, 0) is 44.0 Å². The number of aromatic nitrogens is 3. The molecule has 1 aliphatic rings. The number of methoxy groups -OCH3 is 1. The van der Waals surface area contributed by atoms with Crippen molar-refractivity contribution in [3.63, 3.8) is 0 Å². The quantitative estimate of drug-likeness (QED) is 0.617. The number of benzene rings is 2.